The molecule has 0 aliphatic heterocycles. The van der Waals surface area contributed by atoms with Gasteiger partial charge >= 0.3 is 0 Å². The summed E-state index contributed by atoms with van der Waals surface area (Å²) >= 11 is 0. The van der Waals surface area contributed by atoms with Gasteiger partial charge in [-0.2, -0.15) is 0 Å². The van der Waals surface area contributed by atoms with E-state index in [2.05, 4.69) is 10.6 Å². The molecular weight excluding hydrogens is 288 g/mol. The Hall–Kier alpha value is -1.18. The van der Waals surface area contributed by atoms with Crippen molar-refractivity contribution in [3.8, 4) is 0 Å². The summed E-state index contributed by atoms with van der Waals surface area (Å²) in [5.41, 5.74) is 0. The molecule has 0 saturated carbocycles. The number of nitrogens with one attached hydrogen (secondary N) is 2. The summed E-state index contributed by atoms with van der Waals surface area (Å²) in [7, 11) is 3.25. The van der Waals surface area contributed by atoms with Crippen molar-refractivity contribution in [1.82, 2.24) is 10.6 Å². The van der Waals surface area contributed by atoms with Crippen molar-refractivity contribution >= 4 is 11.8 Å². The Labute approximate surface area is 133 Å². The van der Waals surface area contributed by atoms with Crippen molar-refractivity contribution in [2.24, 2.45) is 0 Å². The Kier molecular flexibility index (Phi) is 15.3. The normalized spacial score (nSPS) is 10.5. The van der Waals surface area contributed by atoms with Gasteiger partial charge in [-0.25, -0.2) is 0 Å². The monoisotopic (exact) mass is 318 g/mol. The number of amides is 2. The first-order valence-corrected chi connectivity index (χ1v) is 7.82. The minimum absolute atomic E-state index is 0.0356. The maximum absolute atomic E-state index is 11.4. The fourth-order valence-corrected chi connectivity index (χ4v) is 1.65. The van der Waals surface area contributed by atoms with Gasteiger partial charge in [0.2, 0.25) is 11.8 Å². The number of rotatable bonds is 15. The zero-order valence-corrected chi connectivity index (χ0v) is 13.8. The average Bonchev–Trinajstić information content (AvgIpc) is 2.52. The van der Waals surface area contributed by atoms with Crippen LogP contribution in [0, 0.1) is 0 Å². The summed E-state index contributed by atoms with van der Waals surface area (Å²) in [6.07, 6.45) is 3.70. The molecule has 0 aromatic rings. The summed E-state index contributed by atoms with van der Waals surface area (Å²) in [4.78, 5) is 22.4. The minimum atomic E-state index is -0.0356. The summed E-state index contributed by atoms with van der Waals surface area (Å²) in [5.74, 6) is 0.0430. The fourth-order valence-electron chi connectivity index (χ4n) is 1.65. The lowest BCUT2D eigenvalue weighted by molar-refractivity contribution is -0.122. The van der Waals surface area contributed by atoms with Crippen molar-refractivity contribution in [3.05, 3.63) is 0 Å². The van der Waals surface area contributed by atoms with Gasteiger partial charge in [-0.1, -0.05) is 6.42 Å². The molecule has 7 heteroatoms. The van der Waals surface area contributed by atoms with Gasteiger partial charge in [-0.3, -0.25) is 9.59 Å². The van der Waals surface area contributed by atoms with E-state index < -0.39 is 0 Å². The zero-order chi connectivity index (χ0) is 16.5. The smallest absolute Gasteiger partial charge is 0.222 e. The third-order valence-electron chi connectivity index (χ3n) is 2.95. The molecule has 0 aliphatic carbocycles. The highest BCUT2D eigenvalue weighted by atomic mass is 16.5. The second kappa shape index (κ2) is 16.2. The van der Waals surface area contributed by atoms with Crippen LogP contribution >= 0.6 is 0 Å². The van der Waals surface area contributed by atoms with Crippen LogP contribution in [-0.2, 0) is 23.8 Å². The second-order valence-corrected chi connectivity index (χ2v) is 4.80. The Morgan fingerprint density at radius 3 is 2.32 bits per heavy atom. The molecule has 7 nitrogen and oxygen atoms in total. The van der Waals surface area contributed by atoms with Gasteiger partial charge in [0.05, 0.1) is 26.4 Å². The highest BCUT2D eigenvalue weighted by Gasteiger charge is 2.01. The molecule has 2 N–H and O–H groups in total. The molecule has 0 fully saturated rings. The number of methoxy groups -OCH3 is 1. The number of carbonyl (C=O) groups is 2. The molecular formula is C15H30N2O5. The summed E-state index contributed by atoms with van der Waals surface area (Å²) < 4.78 is 15.4. The van der Waals surface area contributed by atoms with E-state index in [1.54, 1.807) is 14.2 Å². The molecule has 2 amide bonds. The van der Waals surface area contributed by atoms with Crippen molar-refractivity contribution in [3.63, 3.8) is 0 Å². The Morgan fingerprint density at radius 2 is 1.59 bits per heavy atom. The highest BCUT2D eigenvalue weighted by molar-refractivity contribution is 5.76. The molecule has 0 aromatic carbocycles. The van der Waals surface area contributed by atoms with E-state index in [0.29, 0.717) is 52.4 Å². The Bertz CT molecular complexity index is 287. The molecule has 0 atom stereocenters. The van der Waals surface area contributed by atoms with Crippen molar-refractivity contribution in [2.75, 3.05) is 53.7 Å². The summed E-state index contributed by atoms with van der Waals surface area (Å²) in [5, 5.41) is 5.36. The second-order valence-electron chi connectivity index (χ2n) is 4.80. The summed E-state index contributed by atoms with van der Waals surface area (Å²) in [6, 6.07) is 0. The quantitative estimate of drug-likeness (QED) is 0.429. The van der Waals surface area contributed by atoms with Crippen LogP contribution in [0.15, 0.2) is 0 Å². The molecule has 0 aliphatic rings. The molecule has 0 bridgehead atoms. The van der Waals surface area contributed by atoms with E-state index in [1.807, 2.05) is 0 Å². The predicted molar refractivity (Wildman–Crippen MR) is 83.7 cm³/mol. The number of ether oxygens (including phenoxy) is 3. The number of carbonyl (C=O) groups excluding carboxylic acids is 2. The van der Waals surface area contributed by atoms with E-state index in [9.17, 15) is 9.59 Å². The third kappa shape index (κ3) is 15.2. The molecule has 130 valence electrons. The molecule has 0 radical (unpaired) electrons. The van der Waals surface area contributed by atoms with Crippen molar-refractivity contribution in [1.29, 1.82) is 0 Å². The number of unbranched alkanes of at least 4 members (excludes halogenated alkanes) is 2. The average molecular weight is 318 g/mol. The summed E-state index contributed by atoms with van der Waals surface area (Å²) in [6.45, 7) is 3.12. The van der Waals surface area contributed by atoms with Gasteiger partial charge in [-0.15, -0.1) is 0 Å². The molecule has 0 aromatic heterocycles. The van der Waals surface area contributed by atoms with Crippen molar-refractivity contribution < 1.29 is 23.8 Å². The SMILES string of the molecule is CNC(=O)CCCCCOCCNC(=O)CCOCCOC. The van der Waals surface area contributed by atoms with Gasteiger partial charge < -0.3 is 24.8 Å². The van der Waals surface area contributed by atoms with Gasteiger partial charge in [0, 0.05) is 40.2 Å². The zero-order valence-electron chi connectivity index (χ0n) is 13.8. The minimum Gasteiger partial charge on any atom is -0.382 e. The first-order valence-electron chi connectivity index (χ1n) is 7.82. The Morgan fingerprint density at radius 1 is 0.818 bits per heavy atom. The number of hydrogen-bond donors (Lipinski definition) is 2. The maximum Gasteiger partial charge on any atom is 0.222 e. The lowest BCUT2D eigenvalue weighted by Crippen LogP contribution is -2.28. The van der Waals surface area contributed by atoms with Crippen LogP contribution in [0.4, 0.5) is 0 Å². The molecule has 0 unspecified atom stereocenters. The van der Waals surface area contributed by atoms with Gasteiger partial charge in [0.1, 0.15) is 0 Å². The fraction of sp³-hybridized carbons (Fsp3) is 0.867. The standard InChI is InChI=1S/C15H30N2O5/c1-16-14(18)6-4-3-5-9-21-11-8-17-15(19)7-10-22-13-12-20-2/h3-13H2,1-2H3,(H,16,18)(H,17,19). The van der Waals surface area contributed by atoms with Gasteiger partial charge in [0.25, 0.3) is 0 Å². The molecule has 0 rings (SSSR count). The Balaban J connectivity index is 3.18. The van der Waals surface area contributed by atoms with Crippen LogP contribution in [0.3, 0.4) is 0 Å². The number of hydrogen-bond acceptors (Lipinski definition) is 5. The van der Waals surface area contributed by atoms with Crippen LogP contribution in [0.2, 0.25) is 0 Å². The first kappa shape index (κ1) is 20.8. The van der Waals surface area contributed by atoms with E-state index in [1.165, 1.54) is 0 Å². The topological polar surface area (TPSA) is 85.9 Å². The van der Waals surface area contributed by atoms with Crippen LogP contribution < -0.4 is 10.6 Å². The molecule has 0 saturated heterocycles. The van der Waals surface area contributed by atoms with E-state index >= 15 is 0 Å². The lowest BCUT2D eigenvalue weighted by Gasteiger charge is -2.07. The van der Waals surface area contributed by atoms with E-state index in [4.69, 9.17) is 14.2 Å². The maximum atomic E-state index is 11.4. The molecule has 0 heterocycles. The first-order chi connectivity index (χ1) is 10.7. The molecule has 0 spiro atoms. The van der Waals surface area contributed by atoms with Crippen LogP contribution in [0.5, 0.6) is 0 Å². The highest BCUT2D eigenvalue weighted by Crippen LogP contribution is 1.99. The van der Waals surface area contributed by atoms with Crippen molar-refractivity contribution in [2.45, 2.75) is 32.1 Å². The van der Waals surface area contributed by atoms with Crippen LogP contribution in [0.1, 0.15) is 32.1 Å². The van der Waals surface area contributed by atoms with Crippen LogP contribution in [-0.4, -0.2) is 65.6 Å². The largest absolute Gasteiger partial charge is 0.382 e. The lowest BCUT2D eigenvalue weighted by atomic mass is 10.2. The predicted octanol–water partition coefficient (Wildman–Crippen LogP) is 0.479. The third-order valence-corrected chi connectivity index (χ3v) is 2.95. The van der Waals surface area contributed by atoms with Gasteiger partial charge in [0.15, 0.2) is 0 Å². The van der Waals surface area contributed by atoms with Crippen LogP contribution in [0.25, 0.3) is 0 Å². The van der Waals surface area contributed by atoms with E-state index in [0.717, 1.165) is 19.3 Å². The van der Waals surface area contributed by atoms with Gasteiger partial charge in [-0.05, 0) is 12.8 Å². The van der Waals surface area contributed by atoms with E-state index in [-0.39, 0.29) is 11.8 Å². The molecule has 22 heavy (non-hydrogen) atoms.